The molecule has 0 spiro atoms. The van der Waals surface area contributed by atoms with Crippen LogP contribution in [-0.4, -0.2) is 25.4 Å². The van der Waals surface area contributed by atoms with E-state index in [0.29, 0.717) is 17.0 Å². The molecule has 4 rings (SSSR count). The van der Waals surface area contributed by atoms with E-state index in [-0.39, 0.29) is 12.5 Å². The Morgan fingerprint density at radius 3 is 2.12 bits per heavy atom. The van der Waals surface area contributed by atoms with E-state index < -0.39 is 11.6 Å². The summed E-state index contributed by atoms with van der Waals surface area (Å²) in [4.78, 5) is 0. The number of halogens is 2. The Hall–Kier alpha value is -1.78. The van der Waals surface area contributed by atoms with Crippen molar-refractivity contribution in [3.63, 3.8) is 0 Å². The van der Waals surface area contributed by atoms with Crippen LogP contribution in [0.15, 0.2) is 36.4 Å². The predicted molar refractivity (Wildman–Crippen MR) is 171 cm³/mol. The van der Waals surface area contributed by atoms with Crippen molar-refractivity contribution in [1.29, 1.82) is 0 Å². The Labute approximate surface area is 254 Å². The summed E-state index contributed by atoms with van der Waals surface area (Å²) in [6.45, 7) is 3.22. The molecule has 2 nitrogen and oxygen atoms in total. The Bertz CT molecular complexity index is 1040. The molecule has 2 aromatic carbocycles. The first-order valence-electron chi connectivity index (χ1n) is 17.2. The molecule has 2 aromatic rings. The summed E-state index contributed by atoms with van der Waals surface area (Å²) in [6.07, 6.45) is 20.1. The van der Waals surface area contributed by atoms with Gasteiger partial charge in [-0.3, -0.25) is 0 Å². The van der Waals surface area contributed by atoms with Gasteiger partial charge < -0.3 is 9.84 Å². The van der Waals surface area contributed by atoms with Gasteiger partial charge in [0, 0.05) is 25.9 Å². The topological polar surface area (TPSA) is 29.5 Å². The summed E-state index contributed by atoms with van der Waals surface area (Å²) >= 11 is 0. The highest BCUT2D eigenvalue weighted by atomic mass is 19.2. The number of rotatable bonds is 16. The summed E-state index contributed by atoms with van der Waals surface area (Å²) in [6, 6.07) is 11.6. The summed E-state index contributed by atoms with van der Waals surface area (Å²) < 4.78 is 36.0. The summed E-state index contributed by atoms with van der Waals surface area (Å²) in [5.74, 6) is 1.83. The highest BCUT2D eigenvalue weighted by Gasteiger charge is 2.32. The fourth-order valence-electron chi connectivity index (χ4n) is 7.98. The lowest BCUT2D eigenvalue weighted by molar-refractivity contribution is 0.155. The second-order valence-corrected chi connectivity index (χ2v) is 13.5. The SMILES string of the molecule is CCCCCC1CCC(C2CCC(c3ccc(-c4ccc(CCCC(CCO)CCOC)cc4)c(F)c3F)CC2)CC1. The molecule has 234 valence electrons. The maximum absolute atomic E-state index is 15.4. The number of benzene rings is 2. The minimum atomic E-state index is -0.700. The zero-order valence-corrected chi connectivity index (χ0v) is 26.4. The molecular formula is C38H56F2O2. The predicted octanol–water partition coefficient (Wildman–Crippen LogP) is 10.7. The van der Waals surface area contributed by atoms with Gasteiger partial charge in [-0.05, 0) is 117 Å². The van der Waals surface area contributed by atoms with E-state index in [1.54, 1.807) is 13.2 Å². The van der Waals surface area contributed by atoms with Crippen LogP contribution in [0.5, 0.6) is 0 Å². The largest absolute Gasteiger partial charge is 0.396 e. The summed E-state index contributed by atoms with van der Waals surface area (Å²) in [5, 5.41) is 9.32. The molecule has 1 unspecified atom stereocenters. The quantitative estimate of drug-likeness (QED) is 0.200. The lowest BCUT2D eigenvalue weighted by Crippen LogP contribution is -2.25. The number of aliphatic hydroxyl groups is 1. The monoisotopic (exact) mass is 582 g/mol. The molecular weight excluding hydrogens is 526 g/mol. The molecule has 4 heteroatoms. The maximum atomic E-state index is 15.4. The standard InChI is InChI=1S/C38H56F2O2/c1-3-4-5-7-28-10-14-31(15-11-28)32-18-20-34(21-19-32)36-23-22-35(37(39)38(36)40)33-16-12-29(13-17-33)8-6-9-30(24-26-41)25-27-42-2/h12-13,16-17,22-23,28,30-32,34,41H,3-11,14-15,18-21,24-27H2,1-2H3. The van der Waals surface area contributed by atoms with Crippen molar-refractivity contribution in [2.75, 3.05) is 20.3 Å². The lowest BCUT2D eigenvalue weighted by Gasteiger charge is -2.38. The van der Waals surface area contributed by atoms with Gasteiger partial charge in [-0.2, -0.15) is 0 Å². The highest BCUT2D eigenvalue weighted by molar-refractivity contribution is 5.65. The van der Waals surface area contributed by atoms with Gasteiger partial charge in [-0.1, -0.05) is 81.8 Å². The molecule has 0 radical (unpaired) electrons. The zero-order valence-electron chi connectivity index (χ0n) is 26.4. The average molecular weight is 583 g/mol. The third kappa shape index (κ3) is 9.36. The van der Waals surface area contributed by atoms with Crippen LogP contribution in [0.2, 0.25) is 0 Å². The van der Waals surface area contributed by atoms with E-state index >= 15 is 8.78 Å². The molecule has 2 saturated carbocycles. The fourth-order valence-corrected chi connectivity index (χ4v) is 7.98. The van der Waals surface area contributed by atoms with Crippen LogP contribution in [0.4, 0.5) is 8.78 Å². The second kappa shape index (κ2) is 17.5. The number of ether oxygens (including phenoxy) is 1. The molecule has 0 aliphatic heterocycles. The van der Waals surface area contributed by atoms with Crippen molar-refractivity contribution < 1.29 is 18.6 Å². The number of hydrogen-bond acceptors (Lipinski definition) is 2. The van der Waals surface area contributed by atoms with Crippen molar-refractivity contribution in [2.45, 2.75) is 122 Å². The number of aryl methyl sites for hydroxylation is 1. The van der Waals surface area contributed by atoms with Crippen molar-refractivity contribution in [2.24, 2.45) is 23.7 Å². The summed E-state index contributed by atoms with van der Waals surface area (Å²) in [7, 11) is 1.71. The highest BCUT2D eigenvalue weighted by Crippen LogP contribution is 2.45. The Morgan fingerprint density at radius 1 is 0.786 bits per heavy atom. The van der Waals surface area contributed by atoms with Crippen molar-refractivity contribution in [3.8, 4) is 11.1 Å². The van der Waals surface area contributed by atoms with E-state index in [1.807, 2.05) is 30.3 Å². The average Bonchev–Trinajstić information content (AvgIpc) is 3.02. The lowest BCUT2D eigenvalue weighted by atomic mass is 9.68. The van der Waals surface area contributed by atoms with Crippen molar-refractivity contribution in [3.05, 3.63) is 59.2 Å². The van der Waals surface area contributed by atoms with E-state index in [0.717, 1.165) is 87.7 Å². The number of unbranched alkanes of at least 4 members (excludes halogenated alkanes) is 2. The van der Waals surface area contributed by atoms with Gasteiger partial charge in [0.25, 0.3) is 0 Å². The minimum Gasteiger partial charge on any atom is -0.396 e. The maximum Gasteiger partial charge on any atom is 0.166 e. The molecule has 0 saturated heterocycles. The van der Waals surface area contributed by atoms with Crippen LogP contribution in [-0.2, 0) is 11.2 Å². The van der Waals surface area contributed by atoms with Crippen molar-refractivity contribution >= 4 is 0 Å². The van der Waals surface area contributed by atoms with Gasteiger partial charge in [0.15, 0.2) is 11.6 Å². The van der Waals surface area contributed by atoms with Crippen LogP contribution >= 0.6 is 0 Å². The minimum absolute atomic E-state index is 0.135. The Kier molecular flexibility index (Phi) is 13.8. The third-order valence-electron chi connectivity index (χ3n) is 10.7. The molecule has 0 heterocycles. The molecule has 1 N–H and O–H groups in total. The molecule has 0 amide bonds. The second-order valence-electron chi connectivity index (χ2n) is 13.5. The summed E-state index contributed by atoms with van der Waals surface area (Å²) in [5.41, 5.74) is 2.87. The number of hydrogen-bond donors (Lipinski definition) is 1. The zero-order chi connectivity index (χ0) is 29.7. The van der Waals surface area contributed by atoms with Crippen LogP contribution in [0.1, 0.15) is 127 Å². The number of methoxy groups -OCH3 is 1. The smallest absolute Gasteiger partial charge is 0.166 e. The molecule has 42 heavy (non-hydrogen) atoms. The van der Waals surface area contributed by atoms with Gasteiger partial charge in [-0.25, -0.2) is 8.78 Å². The molecule has 1 atom stereocenters. The molecule has 2 aliphatic carbocycles. The normalized spacial score (nSPS) is 23.6. The van der Waals surface area contributed by atoms with Crippen LogP contribution < -0.4 is 0 Å². The fraction of sp³-hybridized carbons (Fsp3) is 0.684. The molecule has 2 aliphatic rings. The third-order valence-corrected chi connectivity index (χ3v) is 10.7. The molecule has 0 bridgehead atoms. The number of aliphatic hydroxyl groups excluding tert-OH is 1. The molecule has 2 fully saturated rings. The van der Waals surface area contributed by atoms with E-state index in [1.165, 1.54) is 56.9 Å². The van der Waals surface area contributed by atoms with Gasteiger partial charge >= 0.3 is 0 Å². The van der Waals surface area contributed by atoms with Crippen LogP contribution in [0, 0.1) is 35.3 Å². The van der Waals surface area contributed by atoms with Crippen LogP contribution in [0.3, 0.4) is 0 Å². The Morgan fingerprint density at radius 2 is 1.48 bits per heavy atom. The van der Waals surface area contributed by atoms with Crippen LogP contribution in [0.25, 0.3) is 11.1 Å². The van der Waals surface area contributed by atoms with E-state index in [2.05, 4.69) is 6.92 Å². The van der Waals surface area contributed by atoms with Crippen molar-refractivity contribution in [1.82, 2.24) is 0 Å². The van der Waals surface area contributed by atoms with Gasteiger partial charge in [0.05, 0.1) is 0 Å². The van der Waals surface area contributed by atoms with Gasteiger partial charge in [0.1, 0.15) is 0 Å². The Balaban J connectivity index is 1.27. The van der Waals surface area contributed by atoms with Gasteiger partial charge in [0.2, 0.25) is 0 Å². The van der Waals surface area contributed by atoms with E-state index in [4.69, 9.17) is 4.74 Å². The first kappa shape index (κ1) is 33.1. The van der Waals surface area contributed by atoms with Gasteiger partial charge in [-0.15, -0.1) is 0 Å². The first-order valence-corrected chi connectivity index (χ1v) is 17.2. The first-order chi connectivity index (χ1) is 20.5. The molecule has 0 aromatic heterocycles. The van der Waals surface area contributed by atoms with E-state index in [9.17, 15) is 5.11 Å².